The molecular weight excluding hydrogens is 268 g/mol. The first kappa shape index (κ1) is 17.3. The van der Waals surface area contributed by atoms with Gasteiger partial charge in [0.1, 0.15) is 5.60 Å². The molecule has 6 nitrogen and oxygen atoms in total. The number of ether oxygens (including phenoxy) is 1. The van der Waals surface area contributed by atoms with Crippen LogP contribution in [0.2, 0.25) is 0 Å². The van der Waals surface area contributed by atoms with Crippen molar-refractivity contribution >= 4 is 12.1 Å². The van der Waals surface area contributed by atoms with Crippen LogP contribution in [0.4, 0.5) is 4.79 Å². The topological polar surface area (TPSA) is 80.0 Å². The summed E-state index contributed by atoms with van der Waals surface area (Å²) in [6.45, 7) is 14.0. The van der Waals surface area contributed by atoms with Gasteiger partial charge in [0.15, 0.2) is 5.96 Å². The van der Waals surface area contributed by atoms with Gasteiger partial charge in [0.2, 0.25) is 0 Å². The summed E-state index contributed by atoms with van der Waals surface area (Å²) in [5.74, 6) is 0.796. The number of guanidine groups is 1. The summed E-state index contributed by atoms with van der Waals surface area (Å²) < 4.78 is 5.37. The van der Waals surface area contributed by atoms with Crippen molar-refractivity contribution in [3.63, 3.8) is 0 Å². The number of nitrogens with zero attached hydrogens (tertiary/aromatic N) is 2. The smallest absolute Gasteiger partial charge is 0.410 e. The van der Waals surface area contributed by atoms with Crippen LogP contribution in [-0.2, 0) is 4.74 Å². The second kappa shape index (κ2) is 7.33. The van der Waals surface area contributed by atoms with E-state index in [4.69, 9.17) is 10.5 Å². The van der Waals surface area contributed by atoms with Crippen LogP contribution in [-0.4, -0.2) is 48.7 Å². The molecule has 3 N–H and O–H groups in total. The number of carbonyl (C=O) groups is 1. The zero-order valence-electron chi connectivity index (χ0n) is 13.6. The van der Waals surface area contributed by atoms with Crippen molar-refractivity contribution in [2.45, 2.75) is 39.7 Å². The van der Waals surface area contributed by atoms with Gasteiger partial charge in [0, 0.05) is 19.6 Å². The van der Waals surface area contributed by atoms with Crippen LogP contribution in [0.5, 0.6) is 0 Å². The second-order valence-electron chi connectivity index (χ2n) is 6.62. The number of likely N-dealkylation sites (tertiary alicyclic amines) is 1. The van der Waals surface area contributed by atoms with E-state index in [0.717, 1.165) is 18.5 Å². The van der Waals surface area contributed by atoms with Gasteiger partial charge >= 0.3 is 6.09 Å². The van der Waals surface area contributed by atoms with Crippen LogP contribution in [0.1, 0.15) is 34.1 Å². The SMILES string of the molecule is C=C(C)CN=C(N)NCC1CCN(C(=O)OC(C)(C)C)C1. The summed E-state index contributed by atoms with van der Waals surface area (Å²) in [6.07, 6.45) is 0.703. The van der Waals surface area contributed by atoms with E-state index in [2.05, 4.69) is 16.9 Å². The maximum absolute atomic E-state index is 11.9. The van der Waals surface area contributed by atoms with E-state index in [1.54, 1.807) is 4.90 Å². The summed E-state index contributed by atoms with van der Waals surface area (Å²) in [5.41, 5.74) is 6.29. The molecule has 1 aliphatic rings. The average molecular weight is 296 g/mol. The van der Waals surface area contributed by atoms with Crippen LogP contribution in [0.3, 0.4) is 0 Å². The van der Waals surface area contributed by atoms with Gasteiger partial charge < -0.3 is 20.7 Å². The molecule has 1 aliphatic heterocycles. The minimum absolute atomic E-state index is 0.242. The molecule has 0 saturated carbocycles. The van der Waals surface area contributed by atoms with E-state index >= 15 is 0 Å². The second-order valence-corrected chi connectivity index (χ2v) is 6.62. The Labute approximate surface area is 127 Å². The molecule has 0 aromatic carbocycles. The van der Waals surface area contributed by atoms with Crippen LogP contribution in [0.15, 0.2) is 17.1 Å². The highest BCUT2D eigenvalue weighted by molar-refractivity contribution is 5.78. The summed E-state index contributed by atoms with van der Waals surface area (Å²) in [4.78, 5) is 17.9. The lowest BCUT2D eigenvalue weighted by Crippen LogP contribution is -2.38. The Morgan fingerprint density at radius 2 is 2.19 bits per heavy atom. The Kier molecular flexibility index (Phi) is 6.05. The number of hydrogen-bond acceptors (Lipinski definition) is 3. The van der Waals surface area contributed by atoms with Gasteiger partial charge in [-0.05, 0) is 40.0 Å². The first-order valence-electron chi connectivity index (χ1n) is 7.33. The van der Waals surface area contributed by atoms with Crippen LogP contribution in [0.25, 0.3) is 0 Å². The highest BCUT2D eigenvalue weighted by Gasteiger charge is 2.29. The molecule has 0 radical (unpaired) electrons. The average Bonchev–Trinajstić information content (AvgIpc) is 2.80. The van der Waals surface area contributed by atoms with Crippen LogP contribution in [0, 0.1) is 5.92 Å². The monoisotopic (exact) mass is 296 g/mol. The zero-order valence-corrected chi connectivity index (χ0v) is 13.6. The molecule has 0 aromatic heterocycles. The molecular formula is C15H28N4O2. The first-order valence-corrected chi connectivity index (χ1v) is 7.33. The Balaban J connectivity index is 2.33. The number of carbonyl (C=O) groups excluding carboxylic acids is 1. The molecule has 1 heterocycles. The highest BCUT2D eigenvalue weighted by Crippen LogP contribution is 2.18. The van der Waals surface area contributed by atoms with Gasteiger partial charge in [-0.1, -0.05) is 12.2 Å². The van der Waals surface area contributed by atoms with E-state index in [0.29, 0.717) is 31.5 Å². The normalized spacial score (nSPS) is 19.5. The number of rotatable bonds is 4. The molecule has 1 unspecified atom stereocenters. The Morgan fingerprint density at radius 3 is 2.76 bits per heavy atom. The largest absolute Gasteiger partial charge is 0.444 e. The number of nitrogens with two attached hydrogens (primary N) is 1. The molecule has 1 saturated heterocycles. The lowest BCUT2D eigenvalue weighted by molar-refractivity contribution is 0.0288. The van der Waals surface area contributed by atoms with E-state index < -0.39 is 5.60 Å². The summed E-state index contributed by atoms with van der Waals surface area (Å²) in [7, 11) is 0. The molecule has 1 fully saturated rings. The van der Waals surface area contributed by atoms with Crippen molar-refractivity contribution in [1.29, 1.82) is 0 Å². The highest BCUT2D eigenvalue weighted by atomic mass is 16.6. The fourth-order valence-electron chi connectivity index (χ4n) is 2.02. The summed E-state index contributed by atoms with van der Waals surface area (Å²) >= 11 is 0. The third-order valence-corrected chi connectivity index (χ3v) is 3.03. The molecule has 0 aliphatic carbocycles. The zero-order chi connectivity index (χ0) is 16.0. The van der Waals surface area contributed by atoms with Crippen molar-refractivity contribution in [3.05, 3.63) is 12.2 Å². The fourth-order valence-corrected chi connectivity index (χ4v) is 2.02. The summed E-state index contributed by atoms with van der Waals surface area (Å²) in [5, 5.41) is 3.10. The Morgan fingerprint density at radius 1 is 1.52 bits per heavy atom. The molecule has 21 heavy (non-hydrogen) atoms. The maximum atomic E-state index is 11.9. The lowest BCUT2D eigenvalue weighted by atomic mass is 10.1. The minimum Gasteiger partial charge on any atom is -0.444 e. The molecule has 0 spiro atoms. The molecule has 1 atom stereocenters. The Hall–Kier alpha value is -1.72. The van der Waals surface area contributed by atoms with Gasteiger partial charge in [-0.15, -0.1) is 0 Å². The number of aliphatic imine (C=N–C) groups is 1. The van der Waals surface area contributed by atoms with Gasteiger partial charge in [-0.3, -0.25) is 0 Å². The van der Waals surface area contributed by atoms with Gasteiger partial charge in [-0.2, -0.15) is 0 Å². The predicted octanol–water partition coefficient (Wildman–Crippen LogP) is 1.72. The fraction of sp³-hybridized carbons (Fsp3) is 0.733. The third kappa shape index (κ3) is 7.02. The lowest BCUT2D eigenvalue weighted by Gasteiger charge is -2.24. The standard InChI is InChI=1S/C15H28N4O2/c1-11(2)8-17-13(16)18-9-12-6-7-19(10-12)14(20)21-15(3,4)5/h12H,1,6-10H2,2-5H3,(H3,16,17,18). The molecule has 0 bridgehead atoms. The van der Waals surface area contributed by atoms with E-state index in [1.165, 1.54) is 0 Å². The van der Waals surface area contributed by atoms with Crippen molar-refractivity contribution in [2.24, 2.45) is 16.6 Å². The van der Waals surface area contributed by atoms with Gasteiger partial charge in [0.05, 0.1) is 6.54 Å². The van der Waals surface area contributed by atoms with Gasteiger partial charge in [-0.25, -0.2) is 9.79 Å². The van der Waals surface area contributed by atoms with E-state index in [1.807, 2.05) is 27.7 Å². The Bertz CT molecular complexity index is 412. The summed E-state index contributed by atoms with van der Waals surface area (Å²) in [6, 6.07) is 0. The van der Waals surface area contributed by atoms with E-state index in [9.17, 15) is 4.79 Å². The van der Waals surface area contributed by atoms with Crippen molar-refractivity contribution in [3.8, 4) is 0 Å². The predicted molar refractivity (Wildman–Crippen MR) is 85.2 cm³/mol. The van der Waals surface area contributed by atoms with Crippen molar-refractivity contribution in [2.75, 3.05) is 26.2 Å². The van der Waals surface area contributed by atoms with Crippen LogP contribution < -0.4 is 11.1 Å². The number of amides is 1. The quantitative estimate of drug-likeness (QED) is 0.470. The van der Waals surface area contributed by atoms with Crippen LogP contribution >= 0.6 is 0 Å². The molecule has 6 heteroatoms. The number of hydrogen-bond donors (Lipinski definition) is 2. The maximum Gasteiger partial charge on any atom is 0.410 e. The molecule has 1 amide bonds. The van der Waals surface area contributed by atoms with Gasteiger partial charge in [0.25, 0.3) is 0 Å². The van der Waals surface area contributed by atoms with Crippen molar-refractivity contribution < 1.29 is 9.53 Å². The first-order chi connectivity index (χ1) is 9.67. The molecule has 120 valence electrons. The minimum atomic E-state index is -0.451. The van der Waals surface area contributed by atoms with Crippen molar-refractivity contribution in [1.82, 2.24) is 10.2 Å². The molecule has 1 rings (SSSR count). The number of nitrogens with one attached hydrogen (secondary N) is 1. The van der Waals surface area contributed by atoms with E-state index in [-0.39, 0.29) is 6.09 Å². The molecule has 0 aromatic rings. The third-order valence-electron chi connectivity index (χ3n) is 3.03.